The highest BCUT2D eigenvalue weighted by Gasteiger charge is 2.29. The molecule has 2 aromatic carbocycles. The molecular formula is C25H31N3O7. The average Bonchev–Trinajstić information content (AvgIpc) is 2.90. The predicted octanol–water partition coefficient (Wildman–Crippen LogP) is 1.35. The predicted molar refractivity (Wildman–Crippen MR) is 130 cm³/mol. The molecule has 0 saturated carbocycles. The molecule has 1 fully saturated rings. The third kappa shape index (κ3) is 5.83. The van der Waals surface area contributed by atoms with Crippen LogP contribution < -0.4 is 24.4 Å². The first-order valence-corrected chi connectivity index (χ1v) is 11.2. The maximum absolute atomic E-state index is 13.0. The van der Waals surface area contributed by atoms with Crippen molar-refractivity contribution in [3.8, 4) is 17.2 Å². The fourth-order valence-electron chi connectivity index (χ4n) is 3.95. The number of amides is 2. The summed E-state index contributed by atoms with van der Waals surface area (Å²) in [5.41, 5.74) is 1.82. The average molecular weight is 486 g/mol. The minimum absolute atomic E-state index is 0.00980. The van der Waals surface area contributed by atoms with E-state index in [1.54, 1.807) is 17.0 Å². The number of rotatable bonds is 9. The Morgan fingerprint density at radius 2 is 1.49 bits per heavy atom. The van der Waals surface area contributed by atoms with Gasteiger partial charge in [0.05, 0.1) is 27.9 Å². The van der Waals surface area contributed by atoms with Crippen molar-refractivity contribution < 1.29 is 33.7 Å². The number of methoxy groups -OCH3 is 3. The topological polar surface area (TPSA) is 118 Å². The normalized spacial score (nSPS) is 14.2. The van der Waals surface area contributed by atoms with Gasteiger partial charge in [0, 0.05) is 43.0 Å². The number of ketones is 1. The Hall–Kier alpha value is -3.79. The summed E-state index contributed by atoms with van der Waals surface area (Å²) in [6.07, 6.45) is 0. The molecule has 0 aromatic heterocycles. The maximum atomic E-state index is 13.0. The van der Waals surface area contributed by atoms with Crippen molar-refractivity contribution in [2.75, 3.05) is 59.0 Å². The second-order valence-corrected chi connectivity index (χ2v) is 8.04. The van der Waals surface area contributed by atoms with Gasteiger partial charge in [0.25, 0.3) is 5.91 Å². The molecule has 0 radical (unpaired) electrons. The Kier molecular flexibility index (Phi) is 8.53. The number of carbonyl (C=O) groups excluding carboxylic acids is 3. The van der Waals surface area contributed by atoms with Gasteiger partial charge < -0.3 is 34.4 Å². The van der Waals surface area contributed by atoms with E-state index in [-0.39, 0.29) is 17.3 Å². The Labute approximate surface area is 204 Å². The third-order valence-electron chi connectivity index (χ3n) is 5.94. The van der Waals surface area contributed by atoms with Crippen molar-refractivity contribution in [3.05, 3.63) is 47.5 Å². The highest BCUT2D eigenvalue weighted by Crippen LogP contribution is 2.38. The number of aliphatic hydroxyl groups is 1. The van der Waals surface area contributed by atoms with Crippen LogP contribution in [-0.2, 0) is 4.79 Å². The minimum Gasteiger partial charge on any atom is -0.493 e. The van der Waals surface area contributed by atoms with Crippen LogP contribution in [0.1, 0.15) is 27.6 Å². The number of Topliss-reactive ketones (excluding diaryl/α,β-unsaturated/α-hetero) is 1. The minimum atomic E-state index is -1.09. The fraction of sp³-hybridized carbons (Fsp3) is 0.400. The summed E-state index contributed by atoms with van der Waals surface area (Å²) in [5, 5.41) is 12.4. The molecule has 2 aromatic rings. The van der Waals surface area contributed by atoms with Crippen LogP contribution >= 0.6 is 0 Å². The molecule has 0 spiro atoms. The fourth-order valence-corrected chi connectivity index (χ4v) is 3.95. The monoisotopic (exact) mass is 485 g/mol. The lowest BCUT2D eigenvalue weighted by Gasteiger charge is -2.37. The van der Waals surface area contributed by atoms with E-state index in [9.17, 15) is 19.5 Å². The van der Waals surface area contributed by atoms with E-state index in [1.165, 1.54) is 40.4 Å². The quantitative estimate of drug-likeness (QED) is 0.511. The summed E-state index contributed by atoms with van der Waals surface area (Å²) >= 11 is 0. The van der Waals surface area contributed by atoms with Gasteiger partial charge in [0.15, 0.2) is 17.3 Å². The zero-order chi connectivity index (χ0) is 25.5. The first-order chi connectivity index (χ1) is 16.8. The molecule has 1 saturated heterocycles. The van der Waals surface area contributed by atoms with Crippen molar-refractivity contribution in [3.63, 3.8) is 0 Å². The second kappa shape index (κ2) is 11.6. The van der Waals surface area contributed by atoms with E-state index in [2.05, 4.69) is 10.2 Å². The summed E-state index contributed by atoms with van der Waals surface area (Å²) in [4.78, 5) is 41.1. The van der Waals surface area contributed by atoms with Crippen LogP contribution in [0.4, 0.5) is 5.69 Å². The summed E-state index contributed by atoms with van der Waals surface area (Å²) in [5.74, 6) is 0.0408. The van der Waals surface area contributed by atoms with Crippen LogP contribution in [0.15, 0.2) is 36.4 Å². The molecule has 1 heterocycles. The number of piperazine rings is 1. The maximum Gasteiger partial charge on any atom is 0.252 e. The SMILES string of the molecule is COc1cc(C(=O)N[C@@H](CO)C(=O)N2CCN(c3ccc(C(C)=O)cc3)CC2)cc(OC)c1OC. The number of benzene rings is 2. The number of aliphatic hydroxyl groups excluding tert-OH is 1. The zero-order valence-corrected chi connectivity index (χ0v) is 20.4. The Balaban J connectivity index is 1.64. The molecule has 2 amide bonds. The first-order valence-electron chi connectivity index (χ1n) is 11.2. The van der Waals surface area contributed by atoms with Gasteiger partial charge >= 0.3 is 0 Å². The van der Waals surface area contributed by atoms with E-state index in [0.717, 1.165) is 5.69 Å². The van der Waals surface area contributed by atoms with Gasteiger partial charge in [-0.05, 0) is 43.3 Å². The number of hydrogen-bond acceptors (Lipinski definition) is 8. The van der Waals surface area contributed by atoms with E-state index < -0.39 is 18.6 Å². The summed E-state index contributed by atoms with van der Waals surface area (Å²) in [6, 6.07) is 9.22. The number of ether oxygens (including phenoxy) is 3. The number of nitrogens with one attached hydrogen (secondary N) is 1. The highest BCUT2D eigenvalue weighted by molar-refractivity contribution is 5.98. The van der Waals surface area contributed by atoms with Gasteiger partial charge in [-0.2, -0.15) is 0 Å². The lowest BCUT2D eigenvalue weighted by Crippen LogP contribution is -2.56. The molecule has 188 valence electrons. The van der Waals surface area contributed by atoms with Gasteiger partial charge in [-0.3, -0.25) is 14.4 Å². The number of nitrogens with zero attached hydrogens (tertiary/aromatic N) is 2. The van der Waals surface area contributed by atoms with Crippen LogP contribution in [0.2, 0.25) is 0 Å². The molecule has 1 aliphatic rings. The van der Waals surface area contributed by atoms with Crippen molar-refractivity contribution >= 4 is 23.3 Å². The molecule has 0 unspecified atom stereocenters. The molecule has 10 nitrogen and oxygen atoms in total. The van der Waals surface area contributed by atoms with Crippen LogP contribution in [-0.4, -0.2) is 87.8 Å². The summed E-state index contributed by atoms with van der Waals surface area (Å²) in [6.45, 7) is 3.03. The molecule has 10 heteroatoms. The van der Waals surface area contributed by atoms with Gasteiger partial charge in [-0.25, -0.2) is 0 Å². The Morgan fingerprint density at radius 3 is 1.94 bits per heavy atom. The highest BCUT2D eigenvalue weighted by atomic mass is 16.5. The van der Waals surface area contributed by atoms with E-state index in [1.807, 2.05) is 12.1 Å². The van der Waals surface area contributed by atoms with Crippen LogP contribution in [0.5, 0.6) is 17.2 Å². The molecule has 35 heavy (non-hydrogen) atoms. The van der Waals surface area contributed by atoms with Crippen molar-refractivity contribution in [2.24, 2.45) is 0 Å². The third-order valence-corrected chi connectivity index (χ3v) is 5.94. The smallest absolute Gasteiger partial charge is 0.252 e. The number of anilines is 1. The summed E-state index contributed by atoms with van der Waals surface area (Å²) in [7, 11) is 4.34. The van der Waals surface area contributed by atoms with Gasteiger partial charge in [0.1, 0.15) is 6.04 Å². The lowest BCUT2D eigenvalue weighted by atomic mass is 10.1. The van der Waals surface area contributed by atoms with E-state index >= 15 is 0 Å². The molecule has 1 atom stereocenters. The van der Waals surface area contributed by atoms with Crippen LogP contribution in [0.3, 0.4) is 0 Å². The molecule has 1 aliphatic heterocycles. The van der Waals surface area contributed by atoms with Gasteiger partial charge in [0.2, 0.25) is 11.7 Å². The van der Waals surface area contributed by atoms with Crippen molar-refractivity contribution in [1.29, 1.82) is 0 Å². The molecule has 3 rings (SSSR count). The molecule has 0 aliphatic carbocycles. The van der Waals surface area contributed by atoms with E-state index in [4.69, 9.17) is 14.2 Å². The lowest BCUT2D eigenvalue weighted by molar-refractivity contribution is -0.134. The second-order valence-electron chi connectivity index (χ2n) is 8.04. The van der Waals surface area contributed by atoms with Crippen molar-refractivity contribution in [2.45, 2.75) is 13.0 Å². The largest absolute Gasteiger partial charge is 0.493 e. The molecule has 2 N–H and O–H groups in total. The Morgan fingerprint density at radius 1 is 0.914 bits per heavy atom. The summed E-state index contributed by atoms with van der Waals surface area (Å²) < 4.78 is 15.8. The zero-order valence-electron chi connectivity index (χ0n) is 20.4. The van der Waals surface area contributed by atoms with Gasteiger partial charge in [-0.1, -0.05) is 0 Å². The van der Waals surface area contributed by atoms with Crippen LogP contribution in [0, 0.1) is 0 Å². The van der Waals surface area contributed by atoms with Crippen molar-refractivity contribution in [1.82, 2.24) is 10.2 Å². The van der Waals surface area contributed by atoms with Gasteiger partial charge in [-0.15, -0.1) is 0 Å². The number of hydrogen-bond donors (Lipinski definition) is 2. The molecular weight excluding hydrogens is 454 g/mol. The Bertz CT molecular complexity index is 1040. The standard InChI is InChI=1S/C25H31N3O7/c1-16(30)17-5-7-19(8-6-17)27-9-11-28(12-10-27)25(32)20(15-29)26-24(31)18-13-21(33-2)23(35-4)22(14-18)34-3/h5-8,13-14,20,29H,9-12,15H2,1-4H3,(H,26,31)/t20-/m0/s1. The first kappa shape index (κ1) is 25.8. The van der Waals surface area contributed by atoms with Crippen LogP contribution in [0.25, 0.3) is 0 Å². The number of carbonyl (C=O) groups is 3. The molecule has 0 bridgehead atoms. The van der Waals surface area contributed by atoms with E-state index in [0.29, 0.717) is 49.0 Å².